The van der Waals surface area contributed by atoms with E-state index in [0.717, 1.165) is 23.3 Å². The van der Waals surface area contributed by atoms with Gasteiger partial charge in [-0.2, -0.15) is 13.2 Å². The Balaban J connectivity index is 1.15. The number of carbonyl (C=O) groups excluding carboxylic acids is 2. The van der Waals surface area contributed by atoms with Gasteiger partial charge in [-0.3, -0.25) is 4.79 Å². The first kappa shape index (κ1) is 23.4. The van der Waals surface area contributed by atoms with E-state index in [9.17, 15) is 22.8 Å². The topological polar surface area (TPSA) is 102 Å². The van der Waals surface area contributed by atoms with Crippen LogP contribution in [0.15, 0.2) is 48.7 Å². The van der Waals surface area contributed by atoms with Crippen LogP contribution < -0.4 is 25.4 Å². The molecule has 12 heteroatoms. The van der Waals surface area contributed by atoms with Crippen molar-refractivity contribution in [3.8, 4) is 17.2 Å². The van der Waals surface area contributed by atoms with Gasteiger partial charge in [-0.15, -0.1) is 0 Å². The van der Waals surface area contributed by atoms with Crippen LogP contribution >= 0.6 is 11.6 Å². The number of ether oxygens (including phenoxy) is 2. The van der Waals surface area contributed by atoms with Crippen molar-refractivity contribution in [3.05, 3.63) is 70.4 Å². The van der Waals surface area contributed by atoms with Crippen LogP contribution in [-0.2, 0) is 17.4 Å². The van der Waals surface area contributed by atoms with E-state index in [1.165, 1.54) is 6.07 Å². The third-order valence-corrected chi connectivity index (χ3v) is 6.73. The number of pyridine rings is 1. The molecule has 3 aromatic rings. The van der Waals surface area contributed by atoms with Gasteiger partial charge in [-0.05, 0) is 48.9 Å². The van der Waals surface area contributed by atoms with Gasteiger partial charge in [0.25, 0.3) is 0 Å². The summed E-state index contributed by atoms with van der Waals surface area (Å²) < 4.78 is 52.0. The van der Waals surface area contributed by atoms with E-state index in [-0.39, 0.29) is 23.0 Å². The fourth-order valence-electron chi connectivity index (χ4n) is 4.73. The number of fused-ring (bicyclic) bond motifs is 4. The molecule has 0 bridgehead atoms. The van der Waals surface area contributed by atoms with E-state index in [0.29, 0.717) is 35.9 Å². The van der Waals surface area contributed by atoms with E-state index >= 15 is 0 Å². The molecule has 1 aliphatic carbocycles. The summed E-state index contributed by atoms with van der Waals surface area (Å²) in [6.07, 6.45) is -2.61. The molecular formula is C25H18ClF3N4O4. The van der Waals surface area contributed by atoms with Gasteiger partial charge in [-0.25, -0.2) is 9.78 Å². The normalized spacial score (nSPS) is 21.1. The standard InChI is InChI=1S/C25H18ClF3N4O4/c26-11-1-4-16(15(9-11)25(27,28)29)31-24(35)33-21-20-14-10-12(2-5-17(14)37-22(20)21)36-18-7-8-30-23-13(18)3-6-19(34)32-23/h1-2,4-5,7-10,20-22H,3,6H2,(H,30,32,34)(H2,31,33,35). The molecular weight excluding hydrogens is 513 g/mol. The highest BCUT2D eigenvalue weighted by atomic mass is 35.5. The van der Waals surface area contributed by atoms with Crippen molar-refractivity contribution < 1.29 is 32.2 Å². The number of nitrogens with zero attached hydrogens (tertiary/aromatic N) is 1. The Hall–Kier alpha value is -3.99. The summed E-state index contributed by atoms with van der Waals surface area (Å²) >= 11 is 5.70. The number of halogens is 4. The molecule has 3 N–H and O–H groups in total. The summed E-state index contributed by atoms with van der Waals surface area (Å²) in [7, 11) is 0. The molecule has 3 aliphatic rings. The molecule has 2 aliphatic heterocycles. The van der Waals surface area contributed by atoms with Crippen LogP contribution in [0.5, 0.6) is 17.2 Å². The maximum atomic E-state index is 13.3. The first-order valence-electron chi connectivity index (χ1n) is 11.4. The van der Waals surface area contributed by atoms with Crippen LogP contribution in [0.1, 0.15) is 29.0 Å². The summed E-state index contributed by atoms with van der Waals surface area (Å²) in [5.74, 6) is 1.99. The number of hydrogen-bond donors (Lipinski definition) is 3. The average molecular weight is 531 g/mol. The van der Waals surface area contributed by atoms with Gasteiger partial charge in [0, 0.05) is 28.8 Å². The predicted octanol–water partition coefficient (Wildman–Crippen LogP) is 5.48. The molecule has 3 atom stereocenters. The molecule has 0 saturated heterocycles. The minimum atomic E-state index is -4.68. The SMILES string of the molecule is O=C1CCc2c(Oc3ccc4c(c3)C3C(NC(=O)Nc5ccc(Cl)cc5C(F)(F)F)C3O4)ccnc2N1. The molecule has 1 fully saturated rings. The molecule has 3 unspecified atom stereocenters. The Morgan fingerprint density at radius 1 is 1.16 bits per heavy atom. The third kappa shape index (κ3) is 4.39. The molecule has 0 spiro atoms. The number of rotatable bonds is 4. The van der Waals surface area contributed by atoms with Crippen LogP contribution in [0.2, 0.25) is 5.02 Å². The highest BCUT2D eigenvalue weighted by Gasteiger charge is 2.59. The molecule has 6 rings (SSSR count). The second-order valence-electron chi connectivity index (χ2n) is 8.91. The zero-order chi connectivity index (χ0) is 25.9. The van der Waals surface area contributed by atoms with E-state index in [4.69, 9.17) is 21.1 Å². The van der Waals surface area contributed by atoms with Crippen LogP contribution in [0.4, 0.5) is 29.5 Å². The summed E-state index contributed by atoms with van der Waals surface area (Å²) in [4.78, 5) is 28.3. The number of urea groups is 1. The summed E-state index contributed by atoms with van der Waals surface area (Å²) in [5, 5.41) is 7.59. The van der Waals surface area contributed by atoms with Crippen molar-refractivity contribution in [1.29, 1.82) is 0 Å². The van der Waals surface area contributed by atoms with Crippen molar-refractivity contribution in [2.75, 3.05) is 10.6 Å². The van der Waals surface area contributed by atoms with Gasteiger partial charge < -0.3 is 25.4 Å². The first-order valence-corrected chi connectivity index (χ1v) is 11.8. The summed E-state index contributed by atoms with van der Waals surface area (Å²) in [6, 6.07) is 9.01. The van der Waals surface area contributed by atoms with Crippen LogP contribution in [0.3, 0.4) is 0 Å². The highest BCUT2D eigenvalue weighted by molar-refractivity contribution is 6.30. The van der Waals surface area contributed by atoms with Gasteiger partial charge >= 0.3 is 12.2 Å². The quantitative estimate of drug-likeness (QED) is 0.415. The fraction of sp³-hybridized carbons (Fsp3) is 0.240. The number of anilines is 2. The number of amides is 3. The Bertz CT molecular complexity index is 1450. The molecule has 1 saturated carbocycles. The molecule has 0 radical (unpaired) electrons. The zero-order valence-electron chi connectivity index (χ0n) is 18.9. The van der Waals surface area contributed by atoms with Gasteiger partial charge in [0.2, 0.25) is 5.91 Å². The van der Waals surface area contributed by atoms with Gasteiger partial charge in [-0.1, -0.05) is 11.6 Å². The number of alkyl halides is 3. The maximum absolute atomic E-state index is 13.3. The molecule has 8 nitrogen and oxygen atoms in total. The molecule has 37 heavy (non-hydrogen) atoms. The lowest BCUT2D eigenvalue weighted by Gasteiger charge is -2.19. The fourth-order valence-corrected chi connectivity index (χ4v) is 4.90. The first-order chi connectivity index (χ1) is 17.7. The van der Waals surface area contributed by atoms with E-state index in [2.05, 4.69) is 20.9 Å². The second-order valence-corrected chi connectivity index (χ2v) is 9.34. The zero-order valence-corrected chi connectivity index (χ0v) is 19.6. The van der Waals surface area contributed by atoms with Crippen molar-refractivity contribution in [2.45, 2.75) is 37.1 Å². The number of nitrogens with one attached hydrogen (secondary N) is 3. The Morgan fingerprint density at radius 3 is 2.81 bits per heavy atom. The lowest BCUT2D eigenvalue weighted by atomic mass is 10.1. The van der Waals surface area contributed by atoms with Crippen molar-refractivity contribution in [1.82, 2.24) is 10.3 Å². The van der Waals surface area contributed by atoms with Crippen molar-refractivity contribution >= 4 is 35.0 Å². The Kier molecular flexibility index (Phi) is 5.41. The minimum Gasteiger partial charge on any atom is -0.487 e. The smallest absolute Gasteiger partial charge is 0.418 e. The molecule has 1 aromatic heterocycles. The summed E-state index contributed by atoms with van der Waals surface area (Å²) in [5.41, 5.74) is 0.202. The molecule has 3 amide bonds. The predicted molar refractivity (Wildman–Crippen MR) is 127 cm³/mol. The maximum Gasteiger partial charge on any atom is 0.418 e. The molecule has 2 aromatic carbocycles. The van der Waals surface area contributed by atoms with E-state index in [1.807, 2.05) is 6.07 Å². The minimum absolute atomic E-state index is 0.0879. The van der Waals surface area contributed by atoms with Crippen LogP contribution in [-0.4, -0.2) is 29.1 Å². The van der Waals surface area contributed by atoms with Gasteiger partial charge in [0.1, 0.15) is 29.2 Å². The largest absolute Gasteiger partial charge is 0.487 e. The summed E-state index contributed by atoms with van der Waals surface area (Å²) in [6.45, 7) is 0. The van der Waals surface area contributed by atoms with E-state index in [1.54, 1.807) is 24.4 Å². The van der Waals surface area contributed by atoms with Crippen LogP contribution in [0, 0.1) is 0 Å². The number of benzene rings is 2. The number of hydrogen-bond acceptors (Lipinski definition) is 5. The second kappa shape index (κ2) is 8.55. The monoisotopic (exact) mass is 530 g/mol. The van der Waals surface area contributed by atoms with Gasteiger partial charge in [0.15, 0.2) is 0 Å². The Labute approximate surface area is 213 Å². The lowest BCUT2D eigenvalue weighted by molar-refractivity contribution is -0.136. The number of aromatic nitrogens is 1. The highest BCUT2D eigenvalue weighted by Crippen LogP contribution is 2.54. The van der Waals surface area contributed by atoms with Crippen molar-refractivity contribution in [3.63, 3.8) is 0 Å². The van der Waals surface area contributed by atoms with E-state index < -0.39 is 29.5 Å². The van der Waals surface area contributed by atoms with Gasteiger partial charge in [0.05, 0.1) is 23.2 Å². The van der Waals surface area contributed by atoms with Crippen molar-refractivity contribution in [2.24, 2.45) is 0 Å². The van der Waals surface area contributed by atoms with Crippen LogP contribution in [0.25, 0.3) is 0 Å². The molecule has 190 valence electrons. The Morgan fingerprint density at radius 2 is 2.00 bits per heavy atom. The average Bonchev–Trinajstić information content (AvgIpc) is 3.35. The number of carbonyl (C=O) groups is 2. The molecule has 3 heterocycles. The third-order valence-electron chi connectivity index (χ3n) is 6.49. The lowest BCUT2D eigenvalue weighted by Crippen LogP contribution is -2.34.